The van der Waals surface area contributed by atoms with E-state index in [0.717, 1.165) is 39.2 Å². The van der Waals surface area contributed by atoms with Gasteiger partial charge in [0, 0.05) is 11.1 Å². The molecule has 6 heteroatoms. The number of aryl methyl sites for hydroxylation is 3. The van der Waals surface area contributed by atoms with Crippen LogP contribution in [0.2, 0.25) is 0 Å². The van der Waals surface area contributed by atoms with Crippen molar-refractivity contribution in [3.05, 3.63) is 119 Å². The van der Waals surface area contributed by atoms with Gasteiger partial charge in [0.25, 0.3) is 5.91 Å². The van der Waals surface area contributed by atoms with E-state index in [4.69, 9.17) is 4.94 Å². The van der Waals surface area contributed by atoms with Crippen LogP contribution in [0.1, 0.15) is 32.6 Å². The first kappa shape index (κ1) is 21.1. The van der Waals surface area contributed by atoms with Crippen molar-refractivity contribution >= 4 is 23.1 Å². The molecular weight excluding hydrogens is 436 g/mol. The van der Waals surface area contributed by atoms with Crippen molar-refractivity contribution in [1.29, 1.82) is 0 Å². The molecule has 6 nitrogen and oxygen atoms in total. The first-order chi connectivity index (χ1) is 17.0. The Balaban J connectivity index is 1.37. The highest BCUT2D eigenvalue weighted by molar-refractivity contribution is 6.17. The summed E-state index contributed by atoms with van der Waals surface area (Å²) in [6.45, 7) is 6.22. The van der Waals surface area contributed by atoms with Gasteiger partial charge < -0.3 is 0 Å². The van der Waals surface area contributed by atoms with Crippen LogP contribution in [-0.2, 0) is 4.94 Å². The Kier molecular flexibility index (Phi) is 4.90. The molecular formula is C29H24N4O2. The van der Waals surface area contributed by atoms with E-state index < -0.39 is 0 Å². The standard InChI is InChI=1S/C29H24N4O2/c1-19-17-20(2)27(21(3)18-19)28-30-35-33-31(28)25-11-7-8-12-26(25)32(33)29(34)24-15-13-23(14-16-24)22-9-5-4-6-10-22/h4-18H,1-3H3. The van der Waals surface area contributed by atoms with Crippen LogP contribution < -0.4 is 10.0 Å². The minimum absolute atomic E-state index is 0.201. The van der Waals surface area contributed by atoms with Crippen LogP contribution in [0.4, 0.5) is 11.4 Å². The topological polar surface area (TPSA) is 48.4 Å². The fourth-order valence-electron chi connectivity index (χ4n) is 4.91. The molecule has 0 N–H and O–H groups in total. The summed E-state index contributed by atoms with van der Waals surface area (Å²) in [6.07, 6.45) is 0. The SMILES string of the molecule is Cc1cc(C)c(C2=NON3N(C(=O)c4ccc(-c5ccccc5)cc4)c4ccccc4N23)c(C)c1. The van der Waals surface area contributed by atoms with Gasteiger partial charge in [-0.05, 0) is 72.4 Å². The van der Waals surface area contributed by atoms with Crippen molar-refractivity contribution in [3.63, 3.8) is 0 Å². The first-order valence-corrected chi connectivity index (χ1v) is 11.6. The highest BCUT2D eigenvalue weighted by Gasteiger charge is 2.47. The number of benzene rings is 4. The number of hydrogen-bond acceptors (Lipinski definition) is 5. The molecule has 6 rings (SSSR count). The summed E-state index contributed by atoms with van der Waals surface area (Å²) in [7, 11) is 0. The van der Waals surface area contributed by atoms with Crippen LogP contribution in [0, 0.1) is 20.8 Å². The van der Waals surface area contributed by atoms with E-state index in [9.17, 15) is 4.79 Å². The Hall–Kier alpha value is -4.42. The van der Waals surface area contributed by atoms with Gasteiger partial charge in [-0.1, -0.05) is 72.3 Å². The van der Waals surface area contributed by atoms with Gasteiger partial charge in [-0.2, -0.15) is 10.0 Å². The Morgan fingerprint density at radius 2 is 1.34 bits per heavy atom. The third-order valence-corrected chi connectivity index (χ3v) is 6.41. The largest absolute Gasteiger partial charge is 0.277 e. The Labute approximate surface area is 204 Å². The molecule has 0 saturated heterocycles. The molecule has 0 atom stereocenters. The minimum Gasteiger partial charge on any atom is -0.267 e. The van der Waals surface area contributed by atoms with Crippen molar-refractivity contribution in [2.45, 2.75) is 20.8 Å². The van der Waals surface area contributed by atoms with Crippen LogP contribution in [0.15, 0.2) is 96.2 Å². The number of amidine groups is 1. The zero-order valence-electron chi connectivity index (χ0n) is 19.8. The number of fused-ring (bicyclic) bond motifs is 3. The predicted molar refractivity (Wildman–Crippen MR) is 138 cm³/mol. The van der Waals surface area contributed by atoms with Gasteiger partial charge in [0.2, 0.25) is 5.84 Å². The van der Waals surface area contributed by atoms with Crippen LogP contribution in [0.3, 0.4) is 0 Å². The number of hydrazine groups is 2. The Bertz CT molecular complexity index is 1460. The van der Waals surface area contributed by atoms with Gasteiger partial charge in [-0.15, -0.1) is 0 Å². The van der Waals surface area contributed by atoms with Crippen LogP contribution in [0.5, 0.6) is 0 Å². The van der Waals surface area contributed by atoms with Crippen LogP contribution >= 0.6 is 0 Å². The fourth-order valence-corrected chi connectivity index (χ4v) is 4.91. The maximum Gasteiger partial charge on any atom is 0.277 e. The number of para-hydroxylation sites is 2. The highest BCUT2D eigenvalue weighted by Crippen LogP contribution is 2.43. The fraction of sp³-hybridized carbons (Fsp3) is 0.103. The second-order valence-corrected chi connectivity index (χ2v) is 8.88. The molecule has 0 spiro atoms. The molecule has 172 valence electrons. The second-order valence-electron chi connectivity index (χ2n) is 8.88. The molecule has 4 aromatic rings. The van der Waals surface area contributed by atoms with Gasteiger partial charge in [0.15, 0.2) is 0 Å². The summed E-state index contributed by atoms with van der Waals surface area (Å²) in [5.74, 6) is 0.454. The summed E-state index contributed by atoms with van der Waals surface area (Å²) in [4.78, 5) is 19.5. The molecule has 0 unspecified atom stereocenters. The van der Waals surface area contributed by atoms with Crippen LogP contribution in [0.25, 0.3) is 11.1 Å². The second kappa shape index (κ2) is 8.11. The van der Waals surface area contributed by atoms with Crippen molar-refractivity contribution in [1.82, 2.24) is 5.28 Å². The Morgan fingerprint density at radius 3 is 2.03 bits per heavy atom. The molecule has 0 radical (unpaired) electrons. The van der Waals surface area contributed by atoms with Crippen molar-refractivity contribution in [3.8, 4) is 11.1 Å². The Morgan fingerprint density at radius 1 is 0.743 bits per heavy atom. The average molecular weight is 461 g/mol. The summed E-state index contributed by atoms with van der Waals surface area (Å²) >= 11 is 0. The van der Waals surface area contributed by atoms with E-state index in [1.807, 2.05) is 71.7 Å². The lowest BCUT2D eigenvalue weighted by Gasteiger charge is -2.25. The quantitative estimate of drug-likeness (QED) is 0.366. The summed E-state index contributed by atoms with van der Waals surface area (Å²) in [5, 5.41) is 9.22. The molecule has 0 aromatic heterocycles. The van der Waals surface area contributed by atoms with E-state index in [0.29, 0.717) is 11.4 Å². The number of anilines is 2. The molecule has 0 aliphatic carbocycles. The van der Waals surface area contributed by atoms with E-state index in [2.05, 4.69) is 50.2 Å². The third kappa shape index (κ3) is 3.38. The molecule has 0 saturated carbocycles. The van der Waals surface area contributed by atoms with E-state index in [1.165, 1.54) is 15.9 Å². The highest BCUT2D eigenvalue weighted by atomic mass is 16.9. The van der Waals surface area contributed by atoms with Crippen molar-refractivity contribution in [2.24, 2.45) is 5.16 Å². The lowest BCUT2D eigenvalue weighted by Crippen LogP contribution is -2.49. The van der Waals surface area contributed by atoms with Gasteiger partial charge in [-0.3, -0.25) is 9.73 Å². The first-order valence-electron chi connectivity index (χ1n) is 11.6. The number of carbonyl (C=O) groups excluding carboxylic acids is 1. The lowest BCUT2D eigenvalue weighted by molar-refractivity contribution is -0.135. The molecule has 1 amide bonds. The molecule has 2 aliphatic heterocycles. The molecule has 35 heavy (non-hydrogen) atoms. The number of rotatable bonds is 3. The zero-order chi connectivity index (χ0) is 24.1. The number of hydrogen-bond donors (Lipinski definition) is 0. The zero-order valence-corrected chi connectivity index (χ0v) is 19.8. The molecule has 0 fully saturated rings. The molecule has 2 aliphatic rings. The van der Waals surface area contributed by atoms with Crippen molar-refractivity contribution < 1.29 is 9.73 Å². The summed E-state index contributed by atoms with van der Waals surface area (Å²) in [5.41, 5.74) is 8.67. The number of nitrogens with zero attached hydrogens (tertiary/aromatic N) is 4. The normalized spacial score (nSPS) is 14.4. The lowest BCUT2D eigenvalue weighted by atomic mass is 9.98. The van der Waals surface area contributed by atoms with Crippen molar-refractivity contribution in [2.75, 3.05) is 10.0 Å². The number of oxime groups is 1. The smallest absolute Gasteiger partial charge is 0.267 e. The summed E-state index contributed by atoms with van der Waals surface area (Å²) < 4.78 is 0. The minimum atomic E-state index is -0.201. The molecule has 4 aromatic carbocycles. The van der Waals surface area contributed by atoms with E-state index in [-0.39, 0.29) is 5.91 Å². The van der Waals surface area contributed by atoms with E-state index in [1.54, 1.807) is 0 Å². The molecule has 2 heterocycles. The monoisotopic (exact) mass is 460 g/mol. The maximum absolute atomic E-state index is 13.7. The van der Waals surface area contributed by atoms with Gasteiger partial charge in [0.1, 0.15) is 0 Å². The van der Waals surface area contributed by atoms with Gasteiger partial charge in [0.05, 0.1) is 16.7 Å². The maximum atomic E-state index is 13.7. The van der Waals surface area contributed by atoms with E-state index >= 15 is 0 Å². The van der Waals surface area contributed by atoms with Gasteiger partial charge in [-0.25, -0.2) is 0 Å². The predicted octanol–water partition coefficient (Wildman–Crippen LogP) is 6.18. The number of amides is 1. The molecule has 0 bridgehead atoms. The van der Waals surface area contributed by atoms with Crippen LogP contribution in [-0.4, -0.2) is 17.0 Å². The number of carbonyl (C=O) groups is 1. The van der Waals surface area contributed by atoms with Gasteiger partial charge >= 0.3 is 0 Å². The third-order valence-electron chi connectivity index (χ3n) is 6.41. The average Bonchev–Trinajstić information content (AvgIpc) is 3.42. The summed E-state index contributed by atoms with van der Waals surface area (Å²) in [6, 6.07) is 29.7.